The van der Waals surface area contributed by atoms with E-state index in [1.807, 2.05) is 0 Å². The molecule has 0 spiro atoms. The van der Waals surface area contributed by atoms with Crippen LogP contribution >= 0.6 is 11.8 Å². The van der Waals surface area contributed by atoms with Crippen LogP contribution in [0.4, 0.5) is 0 Å². The van der Waals surface area contributed by atoms with Gasteiger partial charge in [-0.2, -0.15) is 11.8 Å². The van der Waals surface area contributed by atoms with Crippen LogP contribution in [-0.4, -0.2) is 97.5 Å². The van der Waals surface area contributed by atoms with Gasteiger partial charge in [0.05, 0.1) is 18.8 Å². The highest BCUT2D eigenvalue weighted by atomic mass is 32.2. The minimum Gasteiger partial charge on any atom is -0.481 e. The van der Waals surface area contributed by atoms with Crippen LogP contribution < -0.4 is 16.4 Å². The van der Waals surface area contributed by atoms with Gasteiger partial charge in [0.25, 0.3) is 0 Å². The maximum absolute atomic E-state index is 13.0. The molecule has 1 aliphatic rings. The zero-order valence-electron chi connectivity index (χ0n) is 18.7. The van der Waals surface area contributed by atoms with Gasteiger partial charge in [-0.25, -0.2) is 9.78 Å². The number of aromatic amines is 1. The zero-order chi connectivity index (χ0) is 25.3. The summed E-state index contributed by atoms with van der Waals surface area (Å²) in [4.78, 5) is 69.0. The summed E-state index contributed by atoms with van der Waals surface area (Å²) in [7, 11) is 0. The highest BCUT2D eigenvalue weighted by Crippen LogP contribution is 2.19. The summed E-state index contributed by atoms with van der Waals surface area (Å²) in [5.41, 5.74) is 6.73. The summed E-state index contributed by atoms with van der Waals surface area (Å²) in [6.07, 6.45) is 5.43. The number of carboxylic acid groups (broad SMARTS) is 2. The van der Waals surface area contributed by atoms with Gasteiger partial charge in [-0.3, -0.25) is 19.2 Å². The van der Waals surface area contributed by atoms with Crippen LogP contribution in [0.25, 0.3) is 0 Å². The van der Waals surface area contributed by atoms with Crippen molar-refractivity contribution in [2.24, 2.45) is 5.73 Å². The van der Waals surface area contributed by atoms with Gasteiger partial charge in [0.15, 0.2) is 0 Å². The van der Waals surface area contributed by atoms with Gasteiger partial charge >= 0.3 is 11.9 Å². The average molecular weight is 499 g/mol. The summed E-state index contributed by atoms with van der Waals surface area (Å²) >= 11 is 1.42. The van der Waals surface area contributed by atoms with Crippen LogP contribution in [0.3, 0.4) is 0 Å². The van der Waals surface area contributed by atoms with E-state index < -0.39 is 60.2 Å². The maximum atomic E-state index is 13.0. The van der Waals surface area contributed by atoms with Crippen molar-refractivity contribution in [3.63, 3.8) is 0 Å². The van der Waals surface area contributed by atoms with E-state index in [0.717, 1.165) is 0 Å². The first-order valence-corrected chi connectivity index (χ1v) is 12.1. The molecule has 1 fully saturated rings. The number of thioether (sulfide) groups is 1. The normalized spacial score (nSPS) is 18.1. The summed E-state index contributed by atoms with van der Waals surface area (Å²) in [6, 6.07) is -4.42. The van der Waals surface area contributed by atoms with Crippen LogP contribution in [0.2, 0.25) is 0 Å². The minimum absolute atomic E-state index is 0.193. The van der Waals surface area contributed by atoms with Gasteiger partial charge in [0.2, 0.25) is 17.7 Å². The lowest BCUT2D eigenvalue weighted by atomic mass is 10.1. The van der Waals surface area contributed by atoms with E-state index in [1.54, 1.807) is 12.5 Å². The third kappa shape index (κ3) is 7.73. The SMILES string of the molecule is CSCCC(NC(=O)C1CCCN1C(=O)C(N)Cc1cnc[nH]1)C(=O)NC(CC(=O)O)C(=O)O. The number of carboxylic acids is 2. The second-order valence-corrected chi connectivity index (χ2v) is 8.90. The number of aromatic nitrogens is 2. The molecule has 1 aromatic rings. The fraction of sp³-hybridized carbons (Fsp3) is 0.600. The Balaban J connectivity index is 2.06. The Hall–Kier alpha value is -3.13. The molecule has 0 aromatic carbocycles. The molecule has 4 unspecified atom stereocenters. The number of carbonyl (C=O) groups excluding carboxylic acids is 3. The number of aliphatic carboxylic acids is 2. The molecule has 0 bridgehead atoms. The summed E-state index contributed by atoms with van der Waals surface area (Å²) in [5.74, 6) is -4.15. The van der Waals surface area contributed by atoms with Gasteiger partial charge in [-0.15, -0.1) is 0 Å². The Bertz CT molecular complexity index is 881. The van der Waals surface area contributed by atoms with Crippen LogP contribution in [0.1, 0.15) is 31.4 Å². The van der Waals surface area contributed by atoms with Crippen molar-refractivity contribution in [2.75, 3.05) is 18.6 Å². The molecule has 2 rings (SSSR count). The number of imidazole rings is 1. The third-order valence-corrected chi connectivity index (χ3v) is 6.03. The predicted molar refractivity (Wildman–Crippen MR) is 122 cm³/mol. The van der Waals surface area contributed by atoms with Gasteiger partial charge in [-0.1, -0.05) is 0 Å². The number of hydrogen-bond acceptors (Lipinski definition) is 8. The smallest absolute Gasteiger partial charge is 0.326 e. The van der Waals surface area contributed by atoms with Gasteiger partial charge in [0, 0.05) is 24.9 Å². The number of carbonyl (C=O) groups is 5. The monoisotopic (exact) mass is 498 g/mol. The molecule has 0 saturated carbocycles. The molecule has 34 heavy (non-hydrogen) atoms. The standard InChI is InChI=1S/C20H30N6O7S/c1-34-6-4-13(17(29)25-14(20(32)33)8-16(27)28)24-18(30)15-3-2-5-26(15)19(31)12(21)7-11-9-22-10-23-11/h9-10,12-15H,2-8,21H2,1H3,(H,22,23)(H,24,30)(H,25,29)(H,27,28)(H,32,33). The van der Waals surface area contributed by atoms with Gasteiger partial charge < -0.3 is 36.5 Å². The number of rotatable bonds is 13. The van der Waals surface area contributed by atoms with Gasteiger partial charge in [-0.05, 0) is 31.3 Å². The Labute approximate surface area is 200 Å². The molecular weight excluding hydrogens is 468 g/mol. The van der Waals surface area contributed by atoms with E-state index in [4.69, 9.17) is 10.8 Å². The Morgan fingerprint density at radius 1 is 1.26 bits per heavy atom. The number of nitrogens with one attached hydrogen (secondary N) is 3. The summed E-state index contributed by atoms with van der Waals surface area (Å²) in [6.45, 7) is 0.342. The predicted octanol–water partition coefficient (Wildman–Crippen LogP) is -1.45. The lowest BCUT2D eigenvalue weighted by Gasteiger charge is -2.28. The Kier molecular flexibility index (Phi) is 10.3. The largest absolute Gasteiger partial charge is 0.481 e. The van der Waals surface area contributed by atoms with Crippen LogP contribution in [0.5, 0.6) is 0 Å². The molecule has 7 N–H and O–H groups in total. The van der Waals surface area contributed by atoms with Crippen molar-refractivity contribution in [1.29, 1.82) is 0 Å². The Morgan fingerprint density at radius 2 is 2.00 bits per heavy atom. The summed E-state index contributed by atoms with van der Waals surface area (Å²) < 4.78 is 0. The Morgan fingerprint density at radius 3 is 2.59 bits per heavy atom. The molecule has 4 atom stereocenters. The molecule has 1 saturated heterocycles. The van der Waals surface area contributed by atoms with E-state index in [-0.39, 0.29) is 12.8 Å². The number of nitrogens with zero attached hydrogens (tertiary/aromatic N) is 2. The molecule has 3 amide bonds. The van der Waals surface area contributed by atoms with Crippen molar-refractivity contribution in [3.05, 3.63) is 18.2 Å². The molecule has 2 heterocycles. The van der Waals surface area contributed by atoms with E-state index >= 15 is 0 Å². The first-order valence-electron chi connectivity index (χ1n) is 10.7. The van der Waals surface area contributed by atoms with E-state index in [0.29, 0.717) is 30.8 Å². The molecular formula is C20H30N6O7S. The fourth-order valence-electron chi connectivity index (χ4n) is 3.66. The summed E-state index contributed by atoms with van der Waals surface area (Å²) in [5, 5.41) is 22.9. The topological polar surface area (TPSA) is 208 Å². The maximum Gasteiger partial charge on any atom is 0.326 e. The van der Waals surface area contributed by atoms with Crippen LogP contribution in [0, 0.1) is 0 Å². The zero-order valence-corrected chi connectivity index (χ0v) is 19.5. The first kappa shape index (κ1) is 27.1. The van der Waals surface area contributed by atoms with Crippen molar-refractivity contribution < 1.29 is 34.2 Å². The third-order valence-electron chi connectivity index (χ3n) is 5.39. The van der Waals surface area contributed by atoms with Crippen LogP contribution in [-0.2, 0) is 30.4 Å². The van der Waals surface area contributed by atoms with Crippen molar-refractivity contribution in [1.82, 2.24) is 25.5 Å². The number of hydrogen-bond donors (Lipinski definition) is 6. The molecule has 13 nitrogen and oxygen atoms in total. The van der Waals surface area contributed by atoms with Crippen molar-refractivity contribution in [2.45, 2.75) is 56.3 Å². The molecule has 1 aliphatic heterocycles. The number of nitrogens with two attached hydrogens (primary N) is 1. The van der Waals surface area contributed by atoms with Crippen molar-refractivity contribution >= 4 is 41.4 Å². The van der Waals surface area contributed by atoms with E-state index in [9.17, 15) is 29.1 Å². The lowest BCUT2D eigenvalue weighted by Crippen LogP contribution is -2.57. The lowest BCUT2D eigenvalue weighted by molar-refractivity contribution is -0.147. The van der Waals surface area contributed by atoms with Crippen molar-refractivity contribution in [3.8, 4) is 0 Å². The fourth-order valence-corrected chi connectivity index (χ4v) is 4.13. The second-order valence-electron chi connectivity index (χ2n) is 7.92. The highest BCUT2D eigenvalue weighted by molar-refractivity contribution is 7.98. The number of amides is 3. The number of H-pyrrole nitrogens is 1. The van der Waals surface area contributed by atoms with E-state index in [2.05, 4.69) is 20.6 Å². The molecule has 188 valence electrons. The first-order chi connectivity index (χ1) is 16.1. The second kappa shape index (κ2) is 12.9. The van der Waals surface area contributed by atoms with E-state index in [1.165, 1.54) is 23.0 Å². The quantitative estimate of drug-likeness (QED) is 0.186. The average Bonchev–Trinajstić information content (AvgIpc) is 3.47. The molecule has 0 aliphatic carbocycles. The highest BCUT2D eigenvalue weighted by Gasteiger charge is 2.38. The van der Waals surface area contributed by atoms with Gasteiger partial charge in [0.1, 0.15) is 18.1 Å². The molecule has 14 heteroatoms. The molecule has 0 radical (unpaired) electrons. The molecule has 1 aromatic heterocycles. The van der Waals surface area contributed by atoms with Crippen LogP contribution in [0.15, 0.2) is 12.5 Å². The minimum atomic E-state index is -1.64. The number of likely N-dealkylation sites (tertiary alicyclic amines) is 1.